The molecule has 0 heterocycles. The Morgan fingerprint density at radius 2 is 1.90 bits per heavy atom. The molecule has 1 saturated carbocycles. The maximum absolute atomic E-state index is 12.1. The molecule has 3 N–H and O–H groups in total. The topological polar surface area (TPSA) is 61.4 Å². The van der Waals surface area contributed by atoms with Crippen LogP contribution in [0.1, 0.15) is 65.7 Å². The minimum atomic E-state index is -0.195. The van der Waals surface area contributed by atoms with Gasteiger partial charge in [0.2, 0.25) is 5.91 Å². The highest BCUT2D eigenvalue weighted by atomic mass is 16.3. The van der Waals surface area contributed by atoms with Gasteiger partial charge in [0.1, 0.15) is 0 Å². The molecule has 1 fully saturated rings. The van der Waals surface area contributed by atoms with E-state index < -0.39 is 0 Å². The van der Waals surface area contributed by atoms with Crippen molar-refractivity contribution in [3.05, 3.63) is 0 Å². The van der Waals surface area contributed by atoms with E-state index in [9.17, 15) is 9.90 Å². The summed E-state index contributed by atoms with van der Waals surface area (Å²) in [6.07, 6.45) is 7.88. The summed E-state index contributed by atoms with van der Waals surface area (Å²) in [5.41, 5.74) is -0.0121. The van der Waals surface area contributed by atoms with Crippen LogP contribution in [0.5, 0.6) is 0 Å². The fourth-order valence-corrected chi connectivity index (χ4v) is 3.03. The van der Waals surface area contributed by atoms with Crippen LogP contribution >= 0.6 is 0 Å². The van der Waals surface area contributed by atoms with Gasteiger partial charge in [0.25, 0.3) is 0 Å². The summed E-state index contributed by atoms with van der Waals surface area (Å²) in [5.74, 6) is 0.0647. The molecule has 0 aromatic heterocycles. The molecule has 1 rings (SSSR count). The monoisotopic (exact) mass is 284 g/mol. The van der Waals surface area contributed by atoms with Gasteiger partial charge in [0.15, 0.2) is 0 Å². The third kappa shape index (κ3) is 5.41. The van der Waals surface area contributed by atoms with Crippen LogP contribution in [0.4, 0.5) is 0 Å². The van der Waals surface area contributed by atoms with Crippen molar-refractivity contribution in [2.24, 2.45) is 5.41 Å². The summed E-state index contributed by atoms with van der Waals surface area (Å²) in [6, 6.07) is 0.0397. The summed E-state index contributed by atoms with van der Waals surface area (Å²) in [5, 5.41) is 16.0. The van der Waals surface area contributed by atoms with Gasteiger partial charge >= 0.3 is 0 Å². The summed E-state index contributed by atoms with van der Waals surface area (Å²) < 4.78 is 0. The zero-order valence-corrected chi connectivity index (χ0v) is 13.4. The van der Waals surface area contributed by atoms with Gasteiger partial charge in [-0.25, -0.2) is 0 Å². The Labute approximate surface area is 123 Å². The van der Waals surface area contributed by atoms with Gasteiger partial charge in [-0.1, -0.05) is 32.6 Å². The van der Waals surface area contributed by atoms with Gasteiger partial charge in [-0.05, 0) is 33.1 Å². The second kappa shape index (κ2) is 8.63. The molecule has 118 valence electrons. The van der Waals surface area contributed by atoms with Crippen LogP contribution in [0.25, 0.3) is 0 Å². The van der Waals surface area contributed by atoms with Crippen LogP contribution in [0.15, 0.2) is 0 Å². The average Bonchev–Trinajstić information content (AvgIpc) is 2.46. The van der Waals surface area contributed by atoms with E-state index in [1.807, 2.05) is 13.8 Å². The molecular weight excluding hydrogens is 252 g/mol. The molecule has 2 unspecified atom stereocenters. The van der Waals surface area contributed by atoms with Crippen molar-refractivity contribution < 1.29 is 9.90 Å². The number of carbonyl (C=O) groups is 1. The van der Waals surface area contributed by atoms with Crippen molar-refractivity contribution in [3.63, 3.8) is 0 Å². The van der Waals surface area contributed by atoms with Crippen molar-refractivity contribution in [3.8, 4) is 0 Å². The normalized spacial score (nSPS) is 21.2. The summed E-state index contributed by atoms with van der Waals surface area (Å²) in [7, 11) is 0. The van der Waals surface area contributed by atoms with Gasteiger partial charge in [-0.15, -0.1) is 0 Å². The van der Waals surface area contributed by atoms with E-state index in [0.717, 1.165) is 32.2 Å². The highest BCUT2D eigenvalue weighted by Crippen LogP contribution is 2.35. The summed E-state index contributed by atoms with van der Waals surface area (Å²) in [4.78, 5) is 12.1. The summed E-state index contributed by atoms with van der Waals surface area (Å²) >= 11 is 0. The standard InChI is InChI=1S/C16H32N2O2/c1-4-8-13(2)18-15(20)14(3)17-11-16(12-19)9-6-5-7-10-16/h13-14,17,19H,4-12H2,1-3H3,(H,18,20). The molecular formula is C16H32N2O2. The number of aliphatic hydroxyl groups is 1. The first-order valence-corrected chi connectivity index (χ1v) is 8.17. The van der Waals surface area contributed by atoms with E-state index in [-0.39, 0.29) is 30.0 Å². The van der Waals surface area contributed by atoms with E-state index >= 15 is 0 Å². The molecule has 20 heavy (non-hydrogen) atoms. The molecule has 4 nitrogen and oxygen atoms in total. The SMILES string of the molecule is CCCC(C)NC(=O)C(C)NCC1(CO)CCCCC1. The number of amides is 1. The van der Waals surface area contributed by atoms with Crippen LogP contribution < -0.4 is 10.6 Å². The Kier molecular flexibility index (Phi) is 7.52. The van der Waals surface area contributed by atoms with Crippen molar-refractivity contribution in [1.29, 1.82) is 0 Å². The second-order valence-electron chi connectivity index (χ2n) is 6.52. The number of hydrogen-bond acceptors (Lipinski definition) is 3. The Morgan fingerprint density at radius 1 is 1.25 bits per heavy atom. The minimum Gasteiger partial charge on any atom is -0.396 e. The quantitative estimate of drug-likeness (QED) is 0.640. The fraction of sp³-hybridized carbons (Fsp3) is 0.938. The van der Waals surface area contributed by atoms with E-state index in [2.05, 4.69) is 17.6 Å². The predicted octanol–water partition coefficient (Wildman–Crippen LogP) is 2.21. The maximum atomic E-state index is 12.1. The number of aliphatic hydroxyl groups excluding tert-OH is 1. The molecule has 0 radical (unpaired) electrons. The minimum absolute atomic E-state index is 0.0121. The molecule has 0 spiro atoms. The number of hydrogen-bond donors (Lipinski definition) is 3. The Morgan fingerprint density at radius 3 is 2.45 bits per heavy atom. The Bertz CT molecular complexity index is 288. The lowest BCUT2D eigenvalue weighted by Gasteiger charge is -2.36. The zero-order valence-electron chi connectivity index (χ0n) is 13.4. The summed E-state index contributed by atoms with van der Waals surface area (Å²) in [6.45, 7) is 7.03. The first-order chi connectivity index (χ1) is 9.53. The van der Waals surface area contributed by atoms with Crippen molar-refractivity contribution in [1.82, 2.24) is 10.6 Å². The first kappa shape index (κ1) is 17.4. The van der Waals surface area contributed by atoms with E-state index in [1.54, 1.807) is 0 Å². The highest BCUT2D eigenvalue weighted by molar-refractivity contribution is 5.81. The van der Waals surface area contributed by atoms with Crippen molar-refractivity contribution in [2.45, 2.75) is 77.8 Å². The van der Waals surface area contributed by atoms with Crippen molar-refractivity contribution in [2.75, 3.05) is 13.2 Å². The van der Waals surface area contributed by atoms with E-state index in [0.29, 0.717) is 0 Å². The van der Waals surface area contributed by atoms with E-state index in [1.165, 1.54) is 19.3 Å². The van der Waals surface area contributed by atoms with Gasteiger partial charge in [-0.3, -0.25) is 4.79 Å². The zero-order chi connectivity index (χ0) is 15.0. The lowest BCUT2D eigenvalue weighted by atomic mass is 9.74. The molecule has 0 aromatic rings. The van der Waals surface area contributed by atoms with Crippen LogP contribution in [-0.4, -0.2) is 36.2 Å². The van der Waals surface area contributed by atoms with E-state index in [4.69, 9.17) is 0 Å². The van der Waals surface area contributed by atoms with Crippen LogP contribution in [0.3, 0.4) is 0 Å². The fourth-order valence-electron chi connectivity index (χ4n) is 3.03. The largest absolute Gasteiger partial charge is 0.396 e. The molecule has 1 aliphatic carbocycles. The molecule has 4 heteroatoms. The molecule has 0 aromatic carbocycles. The Balaban J connectivity index is 2.37. The molecule has 2 atom stereocenters. The van der Waals surface area contributed by atoms with Gasteiger partial charge in [0.05, 0.1) is 6.04 Å². The lowest BCUT2D eigenvalue weighted by Crippen LogP contribution is -2.49. The average molecular weight is 284 g/mol. The van der Waals surface area contributed by atoms with Gasteiger partial charge in [0, 0.05) is 24.6 Å². The molecule has 0 aliphatic heterocycles. The maximum Gasteiger partial charge on any atom is 0.237 e. The number of carbonyl (C=O) groups excluding carboxylic acids is 1. The predicted molar refractivity (Wildman–Crippen MR) is 82.6 cm³/mol. The highest BCUT2D eigenvalue weighted by Gasteiger charge is 2.32. The molecule has 0 bridgehead atoms. The van der Waals surface area contributed by atoms with Gasteiger partial charge in [-0.2, -0.15) is 0 Å². The smallest absolute Gasteiger partial charge is 0.237 e. The Hall–Kier alpha value is -0.610. The van der Waals surface area contributed by atoms with Crippen LogP contribution in [0.2, 0.25) is 0 Å². The van der Waals surface area contributed by atoms with Gasteiger partial charge < -0.3 is 15.7 Å². The molecule has 0 saturated heterocycles. The molecule has 1 amide bonds. The second-order valence-corrected chi connectivity index (χ2v) is 6.52. The first-order valence-electron chi connectivity index (χ1n) is 8.17. The third-order valence-corrected chi connectivity index (χ3v) is 4.54. The lowest BCUT2D eigenvalue weighted by molar-refractivity contribution is -0.123. The van der Waals surface area contributed by atoms with Crippen molar-refractivity contribution >= 4 is 5.91 Å². The molecule has 1 aliphatic rings. The van der Waals surface area contributed by atoms with Crippen LogP contribution in [0, 0.1) is 5.41 Å². The van der Waals surface area contributed by atoms with Crippen LogP contribution in [-0.2, 0) is 4.79 Å². The number of nitrogens with one attached hydrogen (secondary N) is 2. The third-order valence-electron chi connectivity index (χ3n) is 4.54. The number of rotatable bonds is 8.